The fourth-order valence-electron chi connectivity index (χ4n) is 2.24. The second kappa shape index (κ2) is 7.47. The minimum atomic E-state index is -0.297. The van der Waals surface area contributed by atoms with Gasteiger partial charge in [-0.15, -0.1) is 0 Å². The second-order valence-corrected chi connectivity index (χ2v) is 6.49. The molecule has 0 bridgehead atoms. The summed E-state index contributed by atoms with van der Waals surface area (Å²) in [6.45, 7) is 2.73. The Morgan fingerprint density at radius 3 is 2.52 bits per heavy atom. The van der Waals surface area contributed by atoms with Crippen LogP contribution in [0.1, 0.15) is 24.1 Å². The molecule has 0 aliphatic heterocycles. The quantitative estimate of drug-likeness (QED) is 0.686. The lowest BCUT2D eigenvalue weighted by molar-refractivity contribution is 0.524. The summed E-state index contributed by atoms with van der Waals surface area (Å²) in [4.78, 5) is 0. The van der Waals surface area contributed by atoms with Gasteiger partial charge in [0.05, 0.1) is 0 Å². The molecule has 0 saturated heterocycles. The predicted octanol–water partition coefficient (Wildman–Crippen LogP) is 5.38. The lowest BCUT2D eigenvalue weighted by atomic mass is 9.98. The smallest absolute Gasteiger partial charge is 0.126 e. The summed E-state index contributed by atoms with van der Waals surface area (Å²) in [6.07, 6.45) is 0.489. The monoisotopic (exact) mass is 417 g/mol. The molecule has 21 heavy (non-hydrogen) atoms. The molecule has 0 heterocycles. The zero-order valence-corrected chi connectivity index (χ0v) is 14.6. The average molecular weight is 419 g/mol. The van der Waals surface area contributed by atoms with E-state index in [2.05, 4.69) is 37.2 Å². The minimum Gasteiger partial charge on any atom is -0.310 e. The Kier molecular flexibility index (Phi) is 5.90. The van der Waals surface area contributed by atoms with Crippen molar-refractivity contribution in [3.05, 3.63) is 68.1 Å². The van der Waals surface area contributed by atoms with Crippen LogP contribution in [0.2, 0.25) is 0 Å². The maximum absolute atomic E-state index is 13.9. The molecular weight excluding hydrogens is 404 g/mol. The molecule has 0 radical (unpaired) electrons. The highest BCUT2D eigenvalue weighted by atomic mass is 79.9. The molecule has 0 aliphatic carbocycles. The first-order valence-electron chi connectivity index (χ1n) is 6.63. The molecule has 0 aromatic heterocycles. The number of likely N-dealkylation sites (N-methyl/N-ethyl adjacent to an activating group) is 1. The molecule has 2 aromatic carbocycles. The van der Waals surface area contributed by atoms with Gasteiger partial charge in [0.2, 0.25) is 0 Å². The van der Waals surface area contributed by atoms with Gasteiger partial charge in [-0.05, 0) is 54.4 Å². The summed E-state index contributed by atoms with van der Waals surface area (Å²) in [5.41, 5.74) is 1.53. The molecule has 0 aliphatic rings. The molecule has 0 spiro atoms. The third-order valence-corrected chi connectivity index (χ3v) is 4.40. The predicted molar refractivity (Wildman–Crippen MR) is 88.3 cm³/mol. The van der Waals surface area contributed by atoms with Crippen LogP contribution in [0.25, 0.3) is 0 Å². The van der Waals surface area contributed by atoms with Gasteiger partial charge in [-0.25, -0.2) is 8.78 Å². The number of benzene rings is 2. The van der Waals surface area contributed by atoms with Crippen molar-refractivity contribution in [1.29, 1.82) is 0 Å². The van der Waals surface area contributed by atoms with E-state index in [9.17, 15) is 8.78 Å². The van der Waals surface area contributed by atoms with Crippen molar-refractivity contribution in [3.8, 4) is 0 Å². The largest absolute Gasteiger partial charge is 0.310 e. The summed E-state index contributed by atoms with van der Waals surface area (Å²) in [5, 5.41) is 3.32. The Morgan fingerprint density at radius 1 is 1.10 bits per heavy atom. The van der Waals surface area contributed by atoms with Gasteiger partial charge in [0.25, 0.3) is 0 Å². The highest BCUT2D eigenvalue weighted by Crippen LogP contribution is 2.28. The Labute approximate surface area is 140 Å². The fourth-order valence-corrected chi connectivity index (χ4v) is 3.28. The van der Waals surface area contributed by atoms with E-state index in [1.165, 1.54) is 18.2 Å². The van der Waals surface area contributed by atoms with Crippen molar-refractivity contribution >= 4 is 31.9 Å². The number of rotatable bonds is 5. The van der Waals surface area contributed by atoms with Gasteiger partial charge in [0, 0.05) is 15.0 Å². The Bertz CT molecular complexity index is 632. The SMILES string of the molecule is CCNC(Cc1cc(Br)ccc1F)c1ccc(F)cc1Br. The van der Waals surface area contributed by atoms with E-state index in [1.54, 1.807) is 18.2 Å². The van der Waals surface area contributed by atoms with Crippen LogP contribution in [0.3, 0.4) is 0 Å². The van der Waals surface area contributed by atoms with E-state index >= 15 is 0 Å². The fraction of sp³-hybridized carbons (Fsp3) is 0.250. The zero-order valence-electron chi connectivity index (χ0n) is 11.5. The Balaban J connectivity index is 2.32. The first-order chi connectivity index (χ1) is 10.0. The van der Waals surface area contributed by atoms with Crippen molar-refractivity contribution in [3.63, 3.8) is 0 Å². The van der Waals surface area contributed by atoms with Gasteiger partial charge in [-0.1, -0.05) is 44.8 Å². The van der Waals surface area contributed by atoms with Gasteiger partial charge < -0.3 is 5.32 Å². The molecule has 1 unspecified atom stereocenters. The average Bonchev–Trinajstić information content (AvgIpc) is 2.42. The standard InChI is InChI=1S/C16H15Br2F2N/c1-2-21-16(13-5-4-12(19)9-14(13)18)8-10-7-11(17)3-6-15(10)20/h3-7,9,16,21H,2,8H2,1H3. The molecule has 1 nitrogen and oxygen atoms in total. The minimum absolute atomic E-state index is 0.0891. The van der Waals surface area contributed by atoms with Crippen LogP contribution >= 0.6 is 31.9 Å². The third kappa shape index (κ3) is 4.34. The molecule has 5 heteroatoms. The topological polar surface area (TPSA) is 12.0 Å². The third-order valence-electron chi connectivity index (χ3n) is 3.22. The number of nitrogens with one attached hydrogen (secondary N) is 1. The first-order valence-corrected chi connectivity index (χ1v) is 8.22. The van der Waals surface area contributed by atoms with Crippen molar-refractivity contribution in [2.75, 3.05) is 6.54 Å². The summed E-state index contributed by atoms with van der Waals surface area (Å²) in [5.74, 6) is -0.533. The molecule has 2 aromatic rings. The maximum Gasteiger partial charge on any atom is 0.126 e. The Morgan fingerprint density at radius 2 is 1.86 bits per heavy atom. The molecular formula is C16H15Br2F2N. The summed E-state index contributed by atoms with van der Waals surface area (Å²) < 4.78 is 28.7. The summed E-state index contributed by atoms with van der Waals surface area (Å²) >= 11 is 6.74. The van der Waals surface area contributed by atoms with Crippen LogP contribution < -0.4 is 5.32 Å². The summed E-state index contributed by atoms with van der Waals surface area (Å²) in [6, 6.07) is 9.38. The molecule has 112 valence electrons. The lowest BCUT2D eigenvalue weighted by Gasteiger charge is -2.20. The van der Waals surface area contributed by atoms with E-state index in [1.807, 2.05) is 6.92 Å². The van der Waals surface area contributed by atoms with Gasteiger partial charge >= 0.3 is 0 Å². The zero-order chi connectivity index (χ0) is 15.4. The van der Waals surface area contributed by atoms with Crippen LogP contribution in [0.5, 0.6) is 0 Å². The van der Waals surface area contributed by atoms with Crippen LogP contribution in [-0.4, -0.2) is 6.54 Å². The van der Waals surface area contributed by atoms with Crippen LogP contribution in [0.15, 0.2) is 45.3 Å². The number of halogens is 4. The second-order valence-electron chi connectivity index (χ2n) is 4.72. The van der Waals surface area contributed by atoms with Crippen molar-refractivity contribution in [1.82, 2.24) is 5.32 Å². The number of hydrogen-bond acceptors (Lipinski definition) is 1. The van der Waals surface area contributed by atoms with E-state index in [-0.39, 0.29) is 17.7 Å². The molecule has 1 atom stereocenters. The van der Waals surface area contributed by atoms with E-state index in [0.29, 0.717) is 16.5 Å². The van der Waals surface area contributed by atoms with E-state index in [0.717, 1.165) is 16.6 Å². The molecule has 0 amide bonds. The van der Waals surface area contributed by atoms with Crippen molar-refractivity contribution in [2.45, 2.75) is 19.4 Å². The van der Waals surface area contributed by atoms with E-state index < -0.39 is 0 Å². The highest BCUT2D eigenvalue weighted by molar-refractivity contribution is 9.10. The molecule has 2 rings (SSSR count). The first kappa shape index (κ1) is 16.6. The van der Waals surface area contributed by atoms with Gasteiger partial charge in [0.15, 0.2) is 0 Å². The van der Waals surface area contributed by atoms with Gasteiger partial charge in [0.1, 0.15) is 11.6 Å². The highest BCUT2D eigenvalue weighted by Gasteiger charge is 2.17. The molecule has 0 fully saturated rings. The van der Waals surface area contributed by atoms with Crippen LogP contribution in [-0.2, 0) is 6.42 Å². The maximum atomic E-state index is 13.9. The van der Waals surface area contributed by atoms with Crippen LogP contribution in [0.4, 0.5) is 8.78 Å². The van der Waals surface area contributed by atoms with E-state index in [4.69, 9.17) is 0 Å². The molecule has 0 saturated carbocycles. The summed E-state index contributed by atoms with van der Waals surface area (Å²) in [7, 11) is 0. The van der Waals surface area contributed by atoms with Crippen molar-refractivity contribution < 1.29 is 8.78 Å². The van der Waals surface area contributed by atoms with Gasteiger partial charge in [-0.2, -0.15) is 0 Å². The van der Waals surface area contributed by atoms with Gasteiger partial charge in [-0.3, -0.25) is 0 Å². The van der Waals surface area contributed by atoms with Crippen molar-refractivity contribution in [2.24, 2.45) is 0 Å². The lowest BCUT2D eigenvalue weighted by Crippen LogP contribution is -2.23. The normalized spacial score (nSPS) is 12.4. The molecule has 1 N–H and O–H groups in total. The van der Waals surface area contributed by atoms with Crippen LogP contribution in [0, 0.1) is 11.6 Å². The Hall–Kier alpha value is -0.780. The number of hydrogen-bond donors (Lipinski definition) is 1.